The van der Waals surface area contributed by atoms with Crippen LogP contribution < -0.4 is 4.90 Å². The Morgan fingerprint density at radius 2 is 1.83 bits per heavy atom. The second-order valence-electron chi connectivity index (χ2n) is 6.41. The van der Waals surface area contributed by atoms with Crippen LogP contribution in [0.15, 0.2) is 77.7 Å². The van der Waals surface area contributed by atoms with Crippen molar-refractivity contribution in [1.82, 2.24) is 4.98 Å². The molecule has 0 N–H and O–H groups in total. The second kappa shape index (κ2) is 8.76. The van der Waals surface area contributed by atoms with E-state index in [4.69, 9.17) is 0 Å². The first-order chi connectivity index (χ1) is 14.2. The Morgan fingerprint density at radius 1 is 1.07 bits per heavy atom. The molecule has 0 aliphatic heterocycles. The van der Waals surface area contributed by atoms with E-state index < -0.39 is 0 Å². The summed E-state index contributed by atoms with van der Waals surface area (Å²) in [6.45, 7) is 2.46. The van der Waals surface area contributed by atoms with Crippen LogP contribution in [-0.4, -0.2) is 16.6 Å². The van der Waals surface area contributed by atoms with E-state index in [1.54, 1.807) is 22.7 Å². The van der Waals surface area contributed by atoms with Crippen LogP contribution in [0.2, 0.25) is 0 Å². The Hall–Kier alpha value is -2.70. The first-order valence-electron chi connectivity index (χ1n) is 9.29. The van der Waals surface area contributed by atoms with E-state index >= 15 is 0 Å². The summed E-state index contributed by atoms with van der Waals surface area (Å²) in [5.41, 5.74) is 2.35. The molecule has 1 aromatic heterocycles. The molecule has 0 saturated carbocycles. The average molecular weight is 423 g/mol. The van der Waals surface area contributed by atoms with E-state index in [9.17, 15) is 9.18 Å². The van der Waals surface area contributed by atoms with Gasteiger partial charge in [-0.05, 0) is 41.6 Å². The van der Waals surface area contributed by atoms with Crippen LogP contribution in [0.25, 0.3) is 10.2 Å². The van der Waals surface area contributed by atoms with Gasteiger partial charge in [0, 0.05) is 4.90 Å². The van der Waals surface area contributed by atoms with E-state index in [-0.39, 0.29) is 11.7 Å². The zero-order chi connectivity index (χ0) is 20.2. The highest BCUT2D eigenvalue weighted by Gasteiger charge is 2.24. The lowest BCUT2D eigenvalue weighted by Gasteiger charge is -2.21. The molecule has 0 spiro atoms. The minimum Gasteiger partial charge on any atom is -0.279 e. The summed E-state index contributed by atoms with van der Waals surface area (Å²) >= 11 is 2.97. The highest BCUT2D eigenvalue weighted by atomic mass is 32.2. The van der Waals surface area contributed by atoms with Crippen molar-refractivity contribution < 1.29 is 9.18 Å². The maximum atomic E-state index is 13.7. The molecule has 1 amide bonds. The topological polar surface area (TPSA) is 33.2 Å². The van der Waals surface area contributed by atoms with Crippen LogP contribution in [0.4, 0.5) is 9.52 Å². The summed E-state index contributed by atoms with van der Waals surface area (Å²) in [6.07, 6.45) is 0. The largest absolute Gasteiger partial charge is 0.279 e. The van der Waals surface area contributed by atoms with Gasteiger partial charge in [0.1, 0.15) is 5.82 Å². The van der Waals surface area contributed by atoms with Crippen molar-refractivity contribution in [2.45, 2.75) is 18.4 Å². The van der Waals surface area contributed by atoms with Gasteiger partial charge in [0.15, 0.2) is 5.13 Å². The van der Waals surface area contributed by atoms with Crippen LogP contribution in [0.3, 0.4) is 0 Å². The fourth-order valence-electron chi connectivity index (χ4n) is 3.06. The standard InChI is InChI=1S/C23H19FN2OS2/c1-2-28-20-11-7-6-10-18(20)22(27)26(15-16-8-4-3-5-9-16)23-25-19-13-12-17(24)14-21(19)29-23/h3-14H,2,15H2,1H3. The van der Waals surface area contributed by atoms with Gasteiger partial charge in [-0.1, -0.05) is 60.7 Å². The molecule has 0 aliphatic rings. The summed E-state index contributed by atoms with van der Waals surface area (Å²) in [7, 11) is 0. The van der Waals surface area contributed by atoms with Gasteiger partial charge < -0.3 is 0 Å². The number of benzene rings is 3. The molecule has 0 atom stereocenters. The lowest BCUT2D eigenvalue weighted by molar-refractivity contribution is 0.0982. The van der Waals surface area contributed by atoms with Crippen molar-refractivity contribution in [3.63, 3.8) is 0 Å². The first kappa shape index (κ1) is 19.6. The van der Waals surface area contributed by atoms with Crippen LogP contribution in [0.5, 0.6) is 0 Å². The van der Waals surface area contributed by atoms with Gasteiger partial charge in [0.25, 0.3) is 5.91 Å². The summed E-state index contributed by atoms with van der Waals surface area (Å²) in [5.74, 6) is 0.465. The molecule has 146 valence electrons. The average Bonchev–Trinajstić information content (AvgIpc) is 3.16. The predicted molar refractivity (Wildman–Crippen MR) is 119 cm³/mol. The Balaban J connectivity index is 1.78. The molecule has 0 unspecified atom stereocenters. The number of aromatic nitrogens is 1. The van der Waals surface area contributed by atoms with Crippen LogP contribution in [0, 0.1) is 5.82 Å². The molecular formula is C23H19FN2OS2. The van der Waals surface area contributed by atoms with E-state index in [2.05, 4.69) is 11.9 Å². The third-order valence-corrected chi connectivity index (χ3v) is 6.41. The van der Waals surface area contributed by atoms with Crippen molar-refractivity contribution in [2.24, 2.45) is 0 Å². The van der Waals surface area contributed by atoms with E-state index in [0.717, 1.165) is 20.9 Å². The molecule has 0 radical (unpaired) electrons. The SMILES string of the molecule is CCSc1ccccc1C(=O)N(Cc1ccccc1)c1nc2ccc(F)cc2s1. The second-order valence-corrected chi connectivity index (χ2v) is 8.73. The van der Waals surface area contributed by atoms with Gasteiger partial charge in [-0.3, -0.25) is 9.69 Å². The number of carbonyl (C=O) groups is 1. The predicted octanol–water partition coefficient (Wildman–Crippen LogP) is 6.39. The Labute approximate surface area is 177 Å². The molecule has 0 saturated heterocycles. The molecule has 4 rings (SSSR count). The molecule has 4 aromatic rings. The fraction of sp³-hybridized carbons (Fsp3) is 0.130. The van der Waals surface area contributed by atoms with Gasteiger partial charge >= 0.3 is 0 Å². The van der Waals surface area contributed by atoms with Crippen molar-refractivity contribution in [3.05, 3.63) is 89.7 Å². The first-order valence-corrected chi connectivity index (χ1v) is 11.1. The lowest BCUT2D eigenvalue weighted by Crippen LogP contribution is -2.30. The number of hydrogen-bond acceptors (Lipinski definition) is 4. The zero-order valence-electron chi connectivity index (χ0n) is 15.8. The number of halogens is 1. The summed E-state index contributed by atoms with van der Waals surface area (Å²) < 4.78 is 14.4. The number of thiazole rings is 1. The molecule has 1 heterocycles. The summed E-state index contributed by atoms with van der Waals surface area (Å²) in [4.78, 5) is 20.9. The molecule has 0 fully saturated rings. The van der Waals surface area contributed by atoms with Gasteiger partial charge in [0.05, 0.1) is 22.3 Å². The van der Waals surface area contributed by atoms with Gasteiger partial charge in [-0.2, -0.15) is 0 Å². The van der Waals surface area contributed by atoms with E-state index in [0.29, 0.717) is 22.8 Å². The third-order valence-electron chi connectivity index (χ3n) is 4.42. The number of nitrogens with zero attached hydrogens (tertiary/aromatic N) is 2. The number of rotatable bonds is 6. The van der Waals surface area contributed by atoms with Crippen LogP contribution in [0.1, 0.15) is 22.8 Å². The maximum absolute atomic E-state index is 13.7. The zero-order valence-corrected chi connectivity index (χ0v) is 17.5. The molecule has 0 aliphatic carbocycles. The number of anilines is 1. The molecule has 0 bridgehead atoms. The molecule has 3 aromatic carbocycles. The minimum absolute atomic E-state index is 0.107. The monoisotopic (exact) mass is 422 g/mol. The minimum atomic E-state index is -0.307. The highest BCUT2D eigenvalue weighted by molar-refractivity contribution is 7.99. The smallest absolute Gasteiger partial charge is 0.261 e. The normalized spacial score (nSPS) is 11.0. The van der Waals surface area contributed by atoms with Gasteiger partial charge in [-0.25, -0.2) is 9.37 Å². The van der Waals surface area contributed by atoms with Crippen LogP contribution >= 0.6 is 23.1 Å². The number of thioether (sulfide) groups is 1. The lowest BCUT2D eigenvalue weighted by atomic mass is 10.1. The van der Waals surface area contributed by atoms with Crippen molar-refractivity contribution in [3.8, 4) is 0 Å². The van der Waals surface area contributed by atoms with Crippen molar-refractivity contribution in [1.29, 1.82) is 0 Å². The van der Waals surface area contributed by atoms with E-state index in [1.165, 1.54) is 23.5 Å². The molecule has 6 heteroatoms. The highest BCUT2D eigenvalue weighted by Crippen LogP contribution is 2.33. The number of carbonyl (C=O) groups excluding carboxylic acids is 1. The third kappa shape index (κ3) is 4.33. The Morgan fingerprint density at radius 3 is 2.62 bits per heavy atom. The molecular weight excluding hydrogens is 403 g/mol. The fourth-order valence-corrected chi connectivity index (χ4v) is 4.85. The summed E-state index contributed by atoms with van der Waals surface area (Å²) in [6, 6.07) is 22.0. The van der Waals surface area contributed by atoms with Crippen LogP contribution in [-0.2, 0) is 6.54 Å². The molecule has 3 nitrogen and oxygen atoms in total. The quantitative estimate of drug-likeness (QED) is 0.337. The van der Waals surface area contributed by atoms with Gasteiger partial charge in [-0.15, -0.1) is 11.8 Å². The Bertz CT molecular complexity index is 1140. The van der Waals surface area contributed by atoms with Gasteiger partial charge in [0.2, 0.25) is 0 Å². The molecule has 29 heavy (non-hydrogen) atoms. The van der Waals surface area contributed by atoms with E-state index in [1.807, 2.05) is 54.6 Å². The maximum Gasteiger partial charge on any atom is 0.261 e. The van der Waals surface area contributed by atoms with Crippen molar-refractivity contribution >= 4 is 44.4 Å². The number of hydrogen-bond donors (Lipinski definition) is 0. The number of fused-ring (bicyclic) bond motifs is 1. The Kier molecular flexibility index (Phi) is 5.92. The number of amides is 1. The summed E-state index contributed by atoms with van der Waals surface area (Å²) in [5, 5.41) is 0.566. The van der Waals surface area contributed by atoms with Crippen molar-refractivity contribution in [2.75, 3.05) is 10.7 Å².